The summed E-state index contributed by atoms with van der Waals surface area (Å²) < 4.78 is 5.47. The summed E-state index contributed by atoms with van der Waals surface area (Å²) >= 11 is 0. The van der Waals surface area contributed by atoms with Crippen LogP contribution in [0, 0.1) is 6.92 Å². The van der Waals surface area contributed by atoms with Crippen molar-refractivity contribution in [2.75, 3.05) is 43.0 Å². The van der Waals surface area contributed by atoms with Crippen LogP contribution in [-0.4, -0.2) is 53.6 Å². The minimum atomic E-state index is 0.118. The molecule has 1 aliphatic rings. The molecular formula is C19H25N5O2. The molecule has 1 aromatic heterocycles. The third-order valence-corrected chi connectivity index (χ3v) is 4.29. The lowest BCUT2D eigenvalue weighted by Crippen LogP contribution is -2.48. The van der Waals surface area contributed by atoms with Crippen LogP contribution in [0.3, 0.4) is 0 Å². The van der Waals surface area contributed by atoms with Gasteiger partial charge in [-0.1, -0.05) is 0 Å². The van der Waals surface area contributed by atoms with Gasteiger partial charge in [-0.25, -0.2) is 4.98 Å². The smallest absolute Gasteiger partial charge is 0.227 e. The molecule has 7 heteroatoms. The lowest BCUT2D eigenvalue weighted by Gasteiger charge is -2.34. The Morgan fingerprint density at radius 3 is 2.46 bits per heavy atom. The number of nitrogens with one attached hydrogen (secondary N) is 1. The van der Waals surface area contributed by atoms with Crippen molar-refractivity contribution in [3.05, 3.63) is 36.0 Å². The van der Waals surface area contributed by atoms with Gasteiger partial charge >= 0.3 is 0 Å². The van der Waals surface area contributed by atoms with Crippen LogP contribution in [0.25, 0.3) is 0 Å². The van der Waals surface area contributed by atoms with Gasteiger partial charge in [-0.3, -0.25) is 4.79 Å². The van der Waals surface area contributed by atoms with Crippen LogP contribution in [0.2, 0.25) is 0 Å². The Hall–Kier alpha value is -2.83. The third kappa shape index (κ3) is 4.41. The van der Waals surface area contributed by atoms with Crippen LogP contribution in [0.1, 0.15) is 19.5 Å². The largest absolute Gasteiger partial charge is 0.494 e. The highest BCUT2D eigenvalue weighted by Gasteiger charge is 2.21. The molecule has 0 unspecified atom stereocenters. The number of amides is 1. The van der Waals surface area contributed by atoms with E-state index in [9.17, 15) is 4.79 Å². The number of hydrogen-bond acceptors (Lipinski definition) is 6. The number of aryl methyl sites for hydroxylation is 1. The molecule has 2 aromatic rings. The van der Waals surface area contributed by atoms with Crippen molar-refractivity contribution < 1.29 is 9.53 Å². The number of anilines is 3. The summed E-state index contributed by atoms with van der Waals surface area (Å²) in [6.45, 7) is 9.07. The maximum absolute atomic E-state index is 11.5. The molecule has 0 saturated carbocycles. The Kier molecular flexibility index (Phi) is 5.55. The van der Waals surface area contributed by atoms with Crippen LogP contribution < -0.4 is 15.0 Å². The van der Waals surface area contributed by atoms with E-state index in [4.69, 9.17) is 4.74 Å². The second-order valence-electron chi connectivity index (χ2n) is 6.27. The number of ether oxygens (including phenoxy) is 1. The molecule has 1 saturated heterocycles. The van der Waals surface area contributed by atoms with E-state index in [-0.39, 0.29) is 5.91 Å². The zero-order valence-electron chi connectivity index (χ0n) is 15.5. The Balaban J connectivity index is 1.70. The molecule has 0 bridgehead atoms. The molecule has 0 radical (unpaired) electrons. The number of nitrogens with zero attached hydrogens (tertiary/aromatic N) is 4. The predicted octanol–water partition coefficient (Wildman–Crippen LogP) is 2.60. The van der Waals surface area contributed by atoms with Gasteiger partial charge in [-0.05, 0) is 38.1 Å². The first-order chi connectivity index (χ1) is 12.5. The number of carbonyl (C=O) groups is 1. The fourth-order valence-electron chi connectivity index (χ4n) is 2.93. The maximum atomic E-state index is 11.5. The molecule has 2 heterocycles. The molecule has 3 rings (SSSR count). The molecule has 0 spiro atoms. The standard InChI is InChI=1S/C19H25N5O2/c1-4-26-17-7-5-16(6-8-17)21-18-13-14(2)20-19(22-18)24-11-9-23(10-12-24)15(3)25/h5-8,13H,4,9-12H2,1-3H3,(H,20,21,22). The Morgan fingerprint density at radius 1 is 1.15 bits per heavy atom. The van der Waals surface area contributed by atoms with Gasteiger partial charge in [0.2, 0.25) is 11.9 Å². The predicted molar refractivity (Wildman–Crippen MR) is 102 cm³/mol. The first-order valence-electron chi connectivity index (χ1n) is 8.91. The maximum Gasteiger partial charge on any atom is 0.227 e. The van der Waals surface area contributed by atoms with Crippen LogP contribution in [-0.2, 0) is 4.79 Å². The second kappa shape index (κ2) is 8.03. The average molecular weight is 355 g/mol. The molecule has 7 nitrogen and oxygen atoms in total. The van der Waals surface area contributed by atoms with Gasteiger partial charge in [0.1, 0.15) is 11.6 Å². The highest BCUT2D eigenvalue weighted by molar-refractivity contribution is 5.73. The van der Waals surface area contributed by atoms with Crippen molar-refractivity contribution >= 4 is 23.4 Å². The molecule has 0 aliphatic carbocycles. The summed E-state index contributed by atoms with van der Waals surface area (Å²) in [6, 6.07) is 9.72. The van der Waals surface area contributed by atoms with Crippen molar-refractivity contribution in [1.82, 2.24) is 14.9 Å². The van der Waals surface area contributed by atoms with Gasteiger partial charge in [0.25, 0.3) is 0 Å². The van der Waals surface area contributed by atoms with Crippen molar-refractivity contribution in [2.24, 2.45) is 0 Å². The first-order valence-corrected chi connectivity index (χ1v) is 8.91. The number of benzene rings is 1. The van der Waals surface area contributed by atoms with Crippen molar-refractivity contribution in [2.45, 2.75) is 20.8 Å². The van der Waals surface area contributed by atoms with E-state index in [1.54, 1.807) is 6.92 Å². The Morgan fingerprint density at radius 2 is 1.85 bits per heavy atom. The number of piperazine rings is 1. The normalized spacial score (nSPS) is 14.3. The van der Waals surface area contributed by atoms with E-state index < -0.39 is 0 Å². The van der Waals surface area contributed by atoms with Gasteiger partial charge in [0.15, 0.2) is 0 Å². The summed E-state index contributed by atoms with van der Waals surface area (Å²) in [4.78, 5) is 24.7. The first kappa shape index (κ1) is 18.0. The zero-order chi connectivity index (χ0) is 18.5. The fourth-order valence-corrected chi connectivity index (χ4v) is 2.93. The molecule has 26 heavy (non-hydrogen) atoms. The number of aromatic nitrogens is 2. The van der Waals surface area contributed by atoms with Crippen molar-refractivity contribution in [3.63, 3.8) is 0 Å². The molecule has 1 N–H and O–H groups in total. The molecule has 0 atom stereocenters. The highest BCUT2D eigenvalue weighted by Crippen LogP contribution is 2.21. The zero-order valence-corrected chi connectivity index (χ0v) is 15.5. The van der Waals surface area contributed by atoms with Crippen LogP contribution >= 0.6 is 0 Å². The van der Waals surface area contributed by atoms with Crippen molar-refractivity contribution in [1.29, 1.82) is 0 Å². The summed E-state index contributed by atoms with van der Waals surface area (Å²) in [6.07, 6.45) is 0. The molecule has 1 aliphatic heterocycles. The summed E-state index contributed by atoms with van der Waals surface area (Å²) in [5, 5.41) is 3.32. The summed E-state index contributed by atoms with van der Waals surface area (Å²) in [5.41, 5.74) is 1.84. The number of hydrogen-bond donors (Lipinski definition) is 1. The second-order valence-corrected chi connectivity index (χ2v) is 6.27. The quantitative estimate of drug-likeness (QED) is 0.889. The Bertz CT molecular complexity index is 755. The van der Waals surface area contributed by atoms with E-state index in [0.717, 1.165) is 36.0 Å². The molecule has 1 amide bonds. The van der Waals surface area contributed by atoms with E-state index in [1.807, 2.05) is 49.1 Å². The van der Waals surface area contributed by atoms with Gasteiger partial charge in [0, 0.05) is 50.6 Å². The van der Waals surface area contributed by atoms with Gasteiger partial charge < -0.3 is 19.9 Å². The lowest BCUT2D eigenvalue weighted by molar-refractivity contribution is -0.129. The van der Waals surface area contributed by atoms with Crippen molar-refractivity contribution in [3.8, 4) is 5.75 Å². The SMILES string of the molecule is CCOc1ccc(Nc2cc(C)nc(N3CCN(C(C)=O)CC3)n2)cc1. The number of rotatable bonds is 5. The van der Waals surface area contributed by atoms with Gasteiger partial charge in [0.05, 0.1) is 6.61 Å². The van der Waals surface area contributed by atoms with E-state index in [2.05, 4.69) is 20.2 Å². The molecule has 138 valence electrons. The average Bonchev–Trinajstić information content (AvgIpc) is 2.63. The minimum absolute atomic E-state index is 0.118. The molecule has 1 aromatic carbocycles. The van der Waals surface area contributed by atoms with Crippen LogP contribution in [0.5, 0.6) is 5.75 Å². The third-order valence-electron chi connectivity index (χ3n) is 4.29. The van der Waals surface area contributed by atoms with E-state index in [1.165, 1.54) is 0 Å². The van der Waals surface area contributed by atoms with Gasteiger partial charge in [-0.2, -0.15) is 4.98 Å². The van der Waals surface area contributed by atoms with Gasteiger partial charge in [-0.15, -0.1) is 0 Å². The van der Waals surface area contributed by atoms with Crippen LogP contribution in [0.4, 0.5) is 17.5 Å². The van der Waals surface area contributed by atoms with E-state index in [0.29, 0.717) is 25.6 Å². The van der Waals surface area contributed by atoms with Crippen LogP contribution in [0.15, 0.2) is 30.3 Å². The lowest BCUT2D eigenvalue weighted by atomic mass is 10.3. The summed E-state index contributed by atoms with van der Waals surface area (Å²) in [5.74, 6) is 2.42. The molecule has 1 fully saturated rings. The Labute approximate surface area is 154 Å². The minimum Gasteiger partial charge on any atom is -0.494 e. The van der Waals surface area contributed by atoms with E-state index >= 15 is 0 Å². The fraction of sp³-hybridized carbons (Fsp3) is 0.421. The monoisotopic (exact) mass is 355 g/mol. The number of carbonyl (C=O) groups excluding carboxylic acids is 1. The summed E-state index contributed by atoms with van der Waals surface area (Å²) in [7, 11) is 0. The topological polar surface area (TPSA) is 70.6 Å². The highest BCUT2D eigenvalue weighted by atomic mass is 16.5. The molecular weight excluding hydrogens is 330 g/mol.